The summed E-state index contributed by atoms with van der Waals surface area (Å²) < 4.78 is 0. The van der Waals surface area contributed by atoms with Gasteiger partial charge in [0.25, 0.3) is 0 Å². The smallest absolute Gasteiger partial charge is 0.182 e. The van der Waals surface area contributed by atoms with Crippen LogP contribution in [0.2, 0.25) is 0 Å². The first-order valence-corrected chi connectivity index (χ1v) is 5.69. The maximum Gasteiger partial charge on any atom is 0.182 e. The molecule has 1 aliphatic carbocycles. The van der Waals surface area contributed by atoms with E-state index in [4.69, 9.17) is 0 Å². The Bertz CT molecular complexity index is 306. The Hall–Kier alpha value is -0.570. The topological polar surface area (TPSA) is 24.9 Å². The van der Waals surface area contributed by atoms with E-state index >= 15 is 0 Å². The minimum absolute atomic E-state index is 0.650. The number of thiazole rings is 1. The Morgan fingerprint density at radius 2 is 2.23 bits per heavy atom. The molecule has 0 aliphatic heterocycles. The van der Waals surface area contributed by atoms with Crippen LogP contribution in [0.4, 0.5) is 5.13 Å². The third-order valence-corrected chi connectivity index (χ3v) is 3.81. The van der Waals surface area contributed by atoms with E-state index in [2.05, 4.69) is 24.1 Å². The van der Waals surface area contributed by atoms with Crippen molar-refractivity contribution in [3.05, 3.63) is 10.6 Å². The van der Waals surface area contributed by atoms with Gasteiger partial charge in [-0.2, -0.15) is 0 Å². The van der Waals surface area contributed by atoms with Crippen LogP contribution in [-0.4, -0.2) is 12.0 Å². The van der Waals surface area contributed by atoms with Gasteiger partial charge in [-0.1, -0.05) is 13.8 Å². The number of hydrogen-bond donors (Lipinski definition) is 1. The molecular formula is C10H16N2S. The highest BCUT2D eigenvalue weighted by atomic mass is 32.1. The fourth-order valence-corrected chi connectivity index (χ4v) is 3.32. The summed E-state index contributed by atoms with van der Waals surface area (Å²) in [6.07, 6.45) is 2.51. The molecule has 0 fully saturated rings. The van der Waals surface area contributed by atoms with Crippen LogP contribution >= 0.6 is 11.3 Å². The fraction of sp³-hybridized carbons (Fsp3) is 0.700. The second kappa shape index (κ2) is 3.29. The van der Waals surface area contributed by atoms with E-state index in [0.717, 1.165) is 11.0 Å². The van der Waals surface area contributed by atoms with Gasteiger partial charge in [0, 0.05) is 11.9 Å². The number of nitrogens with zero attached hydrogens (tertiary/aromatic N) is 1. The molecule has 2 nitrogen and oxygen atoms in total. The molecule has 2 rings (SSSR count). The molecule has 1 aromatic heterocycles. The maximum absolute atomic E-state index is 4.59. The zero-order chi connectivity index (χ0) is 9.42. The maximum atomic E-state index is 4.59. The average molecular weight is 196 g/mol. The lowest BCUT2D eigenvalue weighted by Crippen LogP contribution is -2.13. The number of hydrogen-bond acceptors (Lipinski definition) is 3. The van der Waals surface area contributed by atoms with Crippen molar-refractivity contribution in [1.82, 2.24) is 4.98 Å². The van der Waals surface area contributed by atoms with Crippen molar-refractivity contribution in [3.8, 4) is 0 Å². The van der Waals surface area contributed by atoms with Gasteiger partial charge in [0.1, 0.15) is 0 Å². The van der Waals surface area contributed by atoms with Crippen molar-refractivity contribution in [2.45, 2.75) is 32.6 Å². The molecule has 72 valence electrons. The molecule has 0 saturated heterocycles. The molecule has 2 atom stereocenters. The van der Waals surface area contributed by atoms with Gasteiger partial charge in [-0.3, -0.25) is 0 Å². The van der Waals surface area contributed by atoms with Crippen molar-refractivity contribution in [2.24, 2.45) is 5.92 Å². The lowest BCUT2D eigenvalue weighted by atomic mass is 9.85. The first kappa shape index (κ1) is 9.00. The highest BCUT2D eigenvalue weighted by Gasteiger charge is 2.25. The van der Waals surface area contributed by atoms with Crippen LogP contribution in [0.15, 0.2) is 0 Å². The van der Waals surface area contributed by atoms with Crippen molar-refractivity contribution < 1.29 is 0 Å². The van der Waals surface area contributed by atoms with Crippen LogP contribution in [0.25, 0.3) is 0 Å². The number of fused-ring (bicyclic) bond motifs is 1. The van der Waals surface area contributed by atoms with Gasteiger partial charge in [-0.05, 0) is 24.7 Å². The summed E-state index contributed by atoms with van der Waals surface area (Å²) in [5.41, 5.74) is 1.34. The zero-order valence-electron chi connectivity index (χ0n) is 8.42. The molecule has 1 aliphatic rings. The third-order valence-electron chi connectivity index (χ3n) is 2.70. The van der Waals surface area contributed by atoms with E-state index in [1.807, 2.05) is 18.4 Å². The van der Waals surface area contributed by atoms with Gasteiger partial charge < -0.3 is 5.32 Å². The zero-order valence-corrected chi connectivity index (χ0v) is 9.24. The Kier molecular flexibility index (Phi) is 2.28. The summed E-state index contributed by atoms with van der Waals surface area (Å²) in [5.74, 6) is 1.48. The molecule has 0 bridgehead atoms. The summed E-state index contributed by atoms with van der Waals surface area (Å²) in [7, 11) is 1.94. The van der Waals surface area contributed by atoms with Crippen molar-refractivity contribution in [3.63, 3.8) is 0 Å². The van der Waals surface area contributed by atoms with E-state index in [0.29, 0.717) is 5.92 Å². The fourth-order valence-electron chi connectivity index (χ4n) is 2.12. The van der Waals surface area contributed by atoms with Gasteiger partial charge in [-0.25, -0.2) is 4.98 Å². The molecule has 0 saturated carbocycles. The number of aromatic nitrogens is 1. The molecule has 0 amide bonds. The first-order chi connectivity index (χ1) is 6.20. The van der Waals surface area contributed by atoms with Crippen molar-refractivity contribution in [2.75, 3.05) is 12.4 Å². The van der Waals surface area contributed by atoms with Crippen LogP contribution in [0, 0.1) is 5.92 Å². The number of rotatable bonds is 1. The van der Waals surface area contributed by atoms with Gasteiger partial charge >= 0.3 is 0 Å². The lowest BCUT2D eigenvalue weighted by molar-refractivity contribution is 0.448. The van der Waals surface area contributed by atoms with Crippen molar-refractivity contribution >= 4 is 16.5 Å². The second-order valence-electron chi connectivity index (χ2n) is 4.02. The first-order valence-electron chi connectivity index (χ1n) is 4.88. The normalized spacial score (nSPS) is 27.0. The summed E-state index contributed by atoms with van der Waals surface area (Å²) in [4.78, 5) is 6.09. The Balaban J connectivity index is 2.35. The monoisotopic (exact) mass is 196 g/mol. The number of nitrogens with one attached hydrogen (secondary N) is 1. The quantitative estimate of drug-likeness (QED) is 0.747. The minimum atomic E-state index is 0.650. The van der Waals surface area contributed by atoms with Gasteiger partial charge in [0.05, 0.1) is 5.69 Å². The average Bonchev–Trinajstić information content (AvgIpc) is 2.47. The summed E-state index contributed by atoms with van der Waals surface area (Å²) in [6, 6.07) is 0. The van der Waals surface area contributed by atoms with Crippen LogP contribution in [0.3, 0.4) is 0 Å². The van der Waals surface area contributed by atoms with Crippen LogP contribution in [0.5, 0.6) is 0 Å². The van der Waals surface area contributed by atoms with E-state index in [1.54, 1.807) is 0 Å². The SMILES string of the molecule is CNc1nc2c(s1)CC(C)CC2C. The van der Waals surface area contributed by atoms with E-state index in [-0.39, 0.29) is 0 Å². The molecule has 2 unspecified atom stereocenters. The molecule has 0 spiro atoms. The molecule has 1 aromatic rings. The Morgan fingerprint density at radius 3 is 2.92 bits per heavy atom. The van der Waals surface area contributed by atoms with E-state index in [1.165, 1.54) is 23.4 Å². The van der Waals surface area contributed by atoms with Gasteiger partial charge in [-0.15, -0.1) is 11.3 Å². The molecule has 0 aromatic carbocycles. The predicted molar refractivity (Wildman–Crippen MR) is 57.6 cm³/mol. The van der Waals surface area contributed by atoms with E-state index in [9.17, 15) is 0 Å². The molecule has 13 heavy (non-hydrogen) atoms. The van der Waals surface area contributed by atoms with Gasteiger partial charge in [0.15, 0.2) is 5.13 Å². The Morgan fingerprint density at radius 1 is 1.46 bits per heavy atom. The summed E-state index contributed by atoms with van der Waals surface area (Å²) in [5, 5.41) is 4.20. The highest BCUT2D eigenvalue weighted by molar-refractivity contribution is 7.15. The second-order valence-corrected chi connectivity index (χ2v) is 5.11. The largest absolute Gasteiger partial charge is 0.365 e. The summed E-state index contributed by atoms with van der Waals surface area (Å²) >= 11 is 1.82. The Labute approximate surface area is 83.4 Å². The summed E-state index contributed by atoms with van der Waals surface area (Å²) in [6.45, 7) is 4.62. The lowest BCUT2D eigenvalue weighted by Gasteiger charge is -2.22. The molecule has 1 heterocycles. The highest BCUT2D eigenvalue weighted by Crippen LogP contribution is 2.38. The van der Waals surface area contributed by atoms with Crippen LogP contribution in [-0.2, 0) is 6.42 Å². The van der Waals surface area contributed by atoms with Crippen LogP contribution in [0.1, 0.15) is 36.8 Å². The standard InChI is InChI=1S/C10H16N2S/c1-6-4-7(2)9-8(5-6)13-10(11-3)12-9/h6-7H,4-5H2,1-3H3,(H,11,12). The van der Waals surface area contributed by atoms with E-state index < -0.39 is 0 Å². The molecular weight excluding hydrogens is 180 g/mol. The molecule has 1 N–H and O–H groups in total. The van der Waals surface area contributed by atoms with Crippen molar-refractivity contribution in [1.29, 1.82) is 0 Å². The third kappa shape index (κ3) is 1.57. The number of anilines is 1. The minimum Gasteiger partial charge on any atom is -0.365 e. The molecule has 0 radical (unpaired) electrons. The molecule has 3 heteroatoms. The predicted octanol–water partition coefficient (Wildman–Crippen LogP) is 2.87. The van der Waals surface area contributed by atoms with Crippen LogP contribution < -0.4 is 5.32 Å². The van der Waals surface area contributed by atoms with Gasteiger partial charge in [0.2, 0.25) is 0 Å².